The molecule has 118 valence electrons. The minimum absolute atomic E-state index is 0.201. The molecule has 1 N–H and O–H groups in total. The van der Waals surface area contributed by atoms with E-state index in [9.17, 15) is 9.59 Å². The standard InChI is InChI=1S/C16H26N2O3/c19-15(20)6-5-14-7-8-17(9-14)16(21)18(10-12-1-2-12)11-13-3-4-13/h12-14H,1-11H2,(H,19,20). The topological polar surface area (TPSA) is 60.9 Å². The molecular formula is C16H26N2O3. The van der Waals surface area contributed by atoms with E-state index in [1.165, 1.54) is 25.7 Å². The second-order valence-corrected chi connectivity index (χ2v) is 7.11. The molecule has 1 unspecified atom stereocenters. The molecule has 1 atom stereocenters. The van der Waals surface area contributed by atoms with Crippen LogP contribution in [0.25, 0.3) is 0 Å². The number of rotatable bonds is 7. The van der Waals surface area contributed by atoms with Crippen molar-refractivity contribution >= 4 is 12.0 Å². The van der Waals surface area contributed by atoms with E-state index < -0.39 is 5.97 Å². The second kappa shape index (κ2) is 6.24. The molecule has 1 heterocycles. The predicted molar refractivity (Wildman–Crippen MR) is 79.0 cm³/mol. The Morgan fingerprint density at radius 1 is 1.00 bits per heavy atom. The number of carbonyl (C=O) groups excluding carboxylic acids is 1. The van der Waals surface area contributed by atoms with Gasteiger partial charge in [0, 0.05) is 32.6 Å². The van der Waals surface area contributed by atoms with Gasteiger partial charge in [-0.1, -0.05) is 0 Å². The number of hydrogen-bond acceptors (Lipinski definition) is 2. The summed E-state index contributed by atoms with van der Waals surface area (Å²) in [4.78, 5) is 27.4. The quantitative estimate of drug-likeness (QED) is 0.784. The Bertz CT molecular complexity index is 390. The van der Waals surface area contributed by atoms with Crippen LogP contribution in [0.4, 0.5) is 4.79 Å². The van der Waals surface area contributed by atoms with Crippen LogP contribution in [0.2, 0.25) is 0 Å². The van der Waals surface area contributed by atoms with Gasteiger partial charge in [0.1, 0.15) is 0 Å². The van der Waals surface area contributed by atoms with Gasteiger partial charge in [0.05, 0.1) is 0 Å². The van der Waals surface area contributed by atoms with Crippen LogP contribution in [0.1, 0.15) is 44.9 Å². The van der Waals surface area contributed by atoms with Gasteiger partial charge in [0.25, 0.3) is 0 Å². The first-order chi connectivity index (χ1) is 10.1. The molecule has 1 saturated heterocycles. The molecule has 0 bridgehead atoms. The lowest BCUT2D eigenvalue weighted by Gasteiger charge is -2.28. The highest BCUT2D eigenvalue weighted by molar-refractivity contribution is 5.75. The maximum Gasteiger partial charge on any atom is 0.320 e. The first-order valence-electron chi connectivity index (χ1n) is 8.37. The summed E-state index contributed by atoms with van der Waals surface area (Å²) in [5.74, 6) is 1.11. The summed E-state index contributed by atoms with van der Waals surface area (Å²) >= 11 is 0. The summed E-state index contributed by atoms with van der Waals surface area (Å²) in [5.41, 5.74) is 0. The lowest BCUT2D eigenvalue weighted by molar-refractivity contribution is -0.137. The minimum atomic E-state index is -0.733. The van der Waals surface area contributed by atoms with Crippen molar-refractivity contribution in [1.29, 1.82) is 0 Å². The number of amides is 2. The fraction of sp³-hybridized carbons (Fsp3) is 0.875. The molecule has 0 radical (unpaired) electrons. The van der Waals surface area contributed by atoms with Gasteiger partial charge in [-0.15, -0.1) is 0 Å². The van der Waals surface area contributed by atoms with Gasteiger partial charge >= 0.3 is 12.0 Å². The van der Waals surface area contributed by atoms with E-state index in [0.717, 1.165) is 44.4 Å². The Hall–Kier alpha value is -1.26. The molecule has 5 nitrogen and oxygen atoms in total. The summed E-state index contributed by atoms with van der Waals surface area (Å²) < 4.78 is 0. The summed E-state index contributed by atoms with van der Waals surface area (Å²) in [7, 11) is 0. The third-order valence-corrected chi connectivity index (χ3v) is 4.94. The summed E-state index contributed by atoms with van der Waals surface area (Å²) in [6.45, 7) is 3.42. The molecule has 2 saturated carbocycles. The van der Waals surface area contributed by atoms with Gasteiger partial charge in [0.2, 0.25) is 0 Å². The average molecular weight is 294 g/mol. The highest BCUT2D eigenvalue weighted by Gasteiger charge is 2.35. The van der Waals surface area contributed by atoms with E-state index in [-0.39, 0.29) is 12.5 Å². The van der Waals surface area contributed by atoms with Gasteiger partial charge in [-0.3, -0.25) is 4.79 Å². The van der Waals surface area contributed by atoms with E-state index >= 15 is 0 Å². The molecule has 0 spiro atoms. The molecule has 3 aliphatic rings. The van der Waals surface area contributed by atoms with Crippen molar-refractivity contribution in [2.24, 2.45) is 17.8 Å². The molecule has 5 heteroatoms. The van der Waals surface area contributed by atoms with Crippen LogP contribution in [-0.4, -0.2) is 53.1 Å². The van der Waals surface area contributed by atoms with E-state index in [0.29, 0.717) is 12.3 Å². The second-order valence-electron chi connectivity index (χ2n) is 7.11. The van der Waals surface area contributed by atoms with Crippen molar-refractivity contribution in [2.75, 3.05) is 26.2 Å². The van der Waals surface area contributed by atoms with Crippen LogP contribution in [0.5, 0.6) is 0 Å². The molecule has 2 amide bonds. The Labute approximate surface area is 126 Å². The summed E-state index contributed by atoms with van der Waals surface area (Å²) in [6.07, 6.45) is 6.97. The highest BCUT2D eigenvalue weighted by atomic mass is 16.4. The zero-order valence-corrected chi connectivity index (χ0v) is 12.7. The largest absolute Gasteiger partial charge is 0.481 e. The normalized spacial score (nSPS) is 25.1. The number of hydrogen-bond donors (Lipinski definition) is 1. The van der Waals surface area contributed by atoms with Gasteiger partial charge in [-0.25, -0.2) is 4.79 Å². The van der Waals surface area contributed by atoms with E-state index in [1.54, 1.807) is 0 Å². The molecule has 0 aromatic rings. The van der Waals surface area contributed by atoms with Crippen molar-refractivity contribution in [3.05, 3.63) is 0 Å². The zero-order valence-electron chi connectivity index (χ0n) is 12.7. The monoisotopic (exact) mass is 294 g/mol. The number of aliphatic carboxylic acids is 1. The van der Waals surface area contributed by atoms with Crippen molar-refractivity contribution in [2.45, 2.75) is 44.9 Å². The molecule has 0 aromatic heterocycles. The lowest BCUT2D eigenvalue weighted by atomic mass is 10.0. The molecule has 3 rings (SSSR count). The molecule has 0 aromatic carbocycles. The van der Waals surface area contributed by atoms with Crippen LogP contribution in [0.15, 0.2) is 0 Å². The van der Waals surface area contributed by atoms with Crippen LogP contribution < -0.4 is 0 Å². The number of carboxylic acid groups (broad SMARTS) is 1. The third kappa shape index (κ3) is 4.35. The molecule has 21 heavy (non-hydrogen) atoms. The Morgan fingerprint density at radius 2 is 1.62 bits per heavy atom. The maximum atomic E-state index is 12.7. The number of nitrogens with zero attached hydrogens (tertiary/aromatic N) is 2. The van der Waals surface area contributed by atoms with E-state index in [1.807, 2.05) is 4.90 Å². The Kier molecular flexibility index (Phi) is 4.36. The Balaban J connectivity index is 1.49. The number of carbonyl (C=O) groups is 2. The van der Waals surface area contributed by atoms with Crippen LogP contribution in [0.3, 0.4) is 0 Å². The van der Waals surface area contributed by atoms with Crippen molar-refractivity contribution < 1.29 is 14.7 Å². The SMILES string of the molecule is O=C(O)CCC1CCN(C(=O)N(CC2CC2)CC2CC2)C1. The Morgan fingerprint density at radius 3 is 2.14 bits per heavy atom. The highest BCUT2D eigenvalue weighted by Crippen LogP contribution is 2.34. The molecular weight excluding hydrogens is 268 g/mol. The van der Waals surface area contributed by atoms with Crippen molar-refractivity contribution in [3.63, 3.8) is 0 Å². The summed E-state index contributed by atoms with van der Waals surface area (Å²) in [6, 6.07) is 0.201. The zero-order chi connectivity index (χ0) is 14.8. The molecule has 2 aliphatic carbocycles. The smallest absolute Gasteiger partial charge is 0.320 e. The lowest BCUT2D eigenvalue weighted by Crippen LogP contribution is -2.44. The van der Waals surface area contributed by atoms with Crippen LogP contribution in [0, 0.1) is 17.8 Å². The van der Waals surface area contributed by atoms with Crippen molar-refractivity contribution in [3.8, 4) is 0 Å². The minimum Gasteiger partial charge on any atom is -0.481 e. The van der Waals surface area contributed by atoms with Gasteiger partial charge in [-0.05, 0) is 56.3 Å². The summed E-state index contributed by atoms with van der Waals surface area (Å²) in [5, 5.41) is 8.76. The number of carboxylic acids is 1. The van der Waals surface area contributed by atoms with Gasteiger partial charge < -0.3 is 14.9 Å². The van der Waals surface area contributed by atoms with Crippen molar-refractivity contribution in [1.82, 2.24) is 9.80 Å². The number of likely N-dealkylation sites (tertiary alicyclic amines) is 1. The molecule has 3 fully saturated rings. The predicted octanol–water partition coefficient (Wildman–Crippen LogP) is 2.42. The first kappa shape index (κ1) is 14.7. The first-order valence-corrected chi connectivity index (χ1v) is 8.37. The van der Waals surface area contributed by atoms with E-state index in [2.05, 4.69) is 4.90 Å². The van der Waals surface area contributed by atoms with Gasteiger partial charge in [-0.2, -0.15) is 0 Å². The molecule has 1 aliphatic heterocycles. The number of urea groups is 1. The third-order valence-electron chi connectivity index (χ3n) is 4.94. The average Bonchev–Trinajstić information content (AvgIpc) is 3.37. The van der Waals surface area contributed by atoms with Gasteiger partial charge in [0.15, 0.2) is 0 Å². The van der Waals surface area contributed by atoms with E-state index in [4.69, 9.17) is 5.11 Å². The fourth-order valence-corrected chi connectivity index (χ4v) is 3.22. The maximum absolute atomic E-state index is 12.7. The fourth-order valence-electron chi connectivity index (χ4n) is 3.22. The van der Waals surface area contributed by atoms with Crippen LogP contribution >= 0.6 is 0 Å². The van der Waals surface area contributed by atoms with Crippen LogP contribution in [-0.2, 0) is 4.79 Å².